The minimum absolute atomic E-state index is 0.257. The SMILES string of the molecule is CCc1cccc(C)c1NC(=O)C1(C(=O)Nc2ccc(C#N)cc2)CC1. The van der Waals surface area contributed by atoms with Crippen LogP contribution in [0.25, 0.3) is 0 Å². The van der Waals surface area contributed by atoms with E-state index in [2.05, 4.69) is 10.6 Å². The Hall–Kier alpha value is -3.13. The van der Waals surface area contributed by atoms with Gasteiger partial charge in [0.25, 0.3) is 0 Å². The molecule has 0 atom stereocenters. The number of hydrogen-bond donors (Lipinski definition) is 2. The zero-order valence-electron chi connectivity index (χ0n) is 14.9. The molecule has 2 amide bonds. The van der Waals surface area contributed by atoms with Crippen LogP contribution in [0.2, 0.25) is 0 Å². The molecule has 2 N–H and O–H groups in total. The lowest BCUT2D eigenvalue weighted by atomic mass is 10.0. The van der Waals surface area contributed by atoms with Crippen LogP contribution in [-0.2, 0) is 16.0 Å². The molecule has 2 aromatic rings. The minimum Gasteiger partial charge on any atom is -0.325 e. The van der Waals surface area contributed by atoms with Crippen molar-refractivity contribution < 1.29 is 9.59 Å². The molecule has 0 aromatic heterocycles. The summed E-state index contributed by atoms with van der Waals surface area (Å²) in [6, 6.07) is 14.5. The van der Waals surface area contributed by atoms with Crippen molar-refractivity contribution in [3.8, 4) is 6.07 Å². The fourth-order valence-corrected chi connectivity index (χ4v) is 3.00. The first kappa shape index (κ1) is 17.7. The van der Waals surface area contributed by atoms with E-state index in [-0.39, 0.29) is 11.8 Å². The number of anilines is 2. The molecule has 1 fully saturated rings. The molecule has 0 saturated heterocycles. The fourth-order valence-electron chi connectivity index (χ4n) is 3.00. The van der Waals surface area contributed by atoms with Crippen molar-refractivity contribution in [2.24, 2.45) is 5.41 Å². The molecule has 26 heavy (non-hydrogen) atoms. The maximum Gasteiger partial charge on any atom is 0.240 e. The van der Waals surface area contributed by atoms with Gasteiger partial charge in [-0.2, -0.15) is 5.26 Å². The van der Waals surface area contributed by atoms with Crippen LogP contribution in [0.1, 0.15) is 36.5 Å². The second kappa shape index (κ2) is 7.01. The van der Waals surface area contributed by atoms with Gasteiger partial charge in [-0.3, -0.25) is 9.59 Å². The quantitative estimate of drug-likeness (QED) is 0.807. The third-order valence-corrected chi connectivity index (χ3v) is 4.87. The lowest BCUT2D eigenvalue weighted by Crippen LogP contribution is -2.36. The van der Waals surface area contributed by atoms with Crippen LogP contribution < -0.4 is 10.6 Å². The standard InChI is InChI=1S/C21H21N3O2/c1-3-16-6-4-5-14(2)18(16)24-20(26)21(11-12-21)19(25)23-17-9-7-15(13-22)8-10-17/h4-10H,3,11-12H2,1-2H3,(H,23,25)(H,24,26). The summed E-state index contributed by atoms with van der Waals surface area (Å²) >= 11 is 0. The van der Waals surface area contributed by atoms with Gasteiger partial charge in [-0.25, -0.2) is 0 Å². The maximum atomic E-state index is 12.8. The van der Waals surface area contributed by atoms with Crippen LogP contribution in [0, 0.1) is 23.7 Å². The zero-order valence-corrected chi connectivity index (χ0v) is 14.9. The van der Waals surface area contributed by atoms with Gasteiger partial charge in [0, 0.05) is 11.4 Å². The Kier molecular flexibility index (Phi) is 4.77. The van der Waals surface area contributed by atoms with Crippen molar-refractivity contribution in [2.45, 2.75) is 33.1 Å². The number of hydrogen-bond acceptors (Lipinski definition) is 3. The molecular weight excluding hydrogens is 326 g/mol. The Morgan fingerprint density at radius 2 is 1.73 bits per heavy atom. The summed E-state index contributed by atoms with van der Waals surface area (Å²) in [5.41, 5.74) is 2.94. The van der Waals surface area contributed by atoms with Crippen molar-refractivity contribution in [2.75, 3.05) is 10.6 Å². The summed E-state index contributed by atoms with van der Waals surface area (Å²) in [6.45, 7) is 3.99. The summed E-state index contributed by atoms with van der Waals surface area (Å²) in [5, 5.41) is 14.6. The Morgan fingerprint density at radius 3 is 2.31 bits per heavy atom. The van der Waals surface area contributed by atoms with E-state index in [0.717, 1.165) is 23.2 Å². The molecule has 0 heterocycles. The minimum atomic E-state index is -1.01. The van der Waals surface area contributed by atoms with Crippen molar-refractivity contribution >= 4 is 23.2 Å². The van der Waals surface area contributed by atoms with Gasteiger partial charge in [-0.05, 0) is 61.6 Å². The highest BCUT2D eigenvalue weighted by atomic mass is 16.2. The van der Waals surface area contributed by atoms with E-state index in [0.29, 0.717) is 24.1 Å². The van der Waals surface area contributed by atoms with E-state index in [1.165, 1.54) is 0 Å². The van der Waals surface area contributed by atoms with Crippen LogP contribution in [0.15, 0.2) is 42.5 Å². The highest BCUT2D eigenvalue weighted by molar-refractivity contribution is 6.17. The molecule has 0 spiro atoms. The van der Waals surface area contributed by atoms with E-state index < -0.39 is 5.41 Å². The van der Waals surface area contributed by atoms with Crippen LogP contribution in [0.5, 0.6) is 0 Å². The molecule has 132 valence electrons. The molecule has 1 aliphatic carbocycles. The van der Waals surface area contributed by atoms with Gasteiger partial charge >= 0.3 is 0 Å². The van der Waals surface area contributed by atoms with Gasteiger partial charge in [-0.1, -0.05) is 25.1 Å². The van der Waals surface area contributed by atoms with Crippen LogP contribution >= 0.6 is 0 Å². The van der Waals surface area contributed by atoms with Gasteiger partial charge < -0.3 is 10.6 Å². The Bertz CT molecular complexity index is 890. The molecule has 3 rings (SSSR count). The first-order valence-corrected chi connectivity index (χ1v) is 8.72. The van der Waals surface area contributed by atoms with Crippen molar-refractivity contribution in [3.63, 3.8) is 0 Å². The number of rotatable bonds is 5. The molecule has 5 nitrogen and oxygen atoms in total. The number of para-hydroxylation sites is 1. The van der Waals surface area contributed by atoms with E-state index in [9.17, 15) is 9.59 Å². The first-order chi connectivity index (χ1) is 12.5. The van der Waals surface area contributed by atoms with E-state index in [1.54, 1.807) is 24.3 Å². The first-order valence-electron chi connectivity index (χ1n) is 8.72. The maximum absolute atomic E-state index is 12.8. The molecule has 0 aliphatic heterocycles. The second-order valence-electron chi connectivity index (χ2n) is 6.64. The normalized spacial score (nSPS) is 14.2. The van der Waals surface area contributed by atoms with E-state index >= 15 is 0 Å². The Balaban J connectivity index is 1.75. The largest absolute Gasteiger partial charge is 0.325 e. The lowest BCUT2D eigenvalue weighted by Gasteiger charge is -2.18. The van der Waals surface area contributed by atoms with Crippen LogP contribution in [-0.4, -0.2) is 11.8 Å². The van der Waals surface area contributed by atoms with Gasteiger partial charge in [0.1, 0.15) is 5.41 Å². The van der Waals surface area contributed by atoms with E-state index in [4.69, 9.17) is 5.26 Å². The molecule has 0 bridgehead atoms. The number of nitriles is 1. The number of amides is 2. The van der Waals surface area contributed by atoms with Gasteiger partial charge in [-0.15, -0.1) is 0 Å². The fraction of sp³-hybridized carbons (Fsp3) is 0.286. The Labute approximate surface area is 153 Å². The molecule has 0 unspecified atom stereocenters. The van der Waals surface area contributed by atoms with Gasteiger partial charge in [0.2, 0.25) is 11.8 Å². The zero-order chi connectivity index (χ0) is 18.7. The predicted molar refractivity (Wildman–Crippen MR) is 101 cm³/mol. The predicted octanol–water partition coefficient (Wildman–Crippen LogP) is 3.79. The molecule has 1 aliphatic rings. The number of nitrogens with one attached hydrogen (secondary N) is 2. The highest BCUT2D eigenvalue weighted by Gasteiger charge is 2.56. The number of nitrogens with zero attached hydrogens (tertiary/aromatic N) is 1. The number of carbonyl (C=O) groups is 2. The topological polar surface area (TPSA) is 82.0 Å². The summed E-state index contributed by atoms with van der Waals surface area (Å²) in [5.74, 6) is -0.556. The van der Waals surface area contributed by atoms with Crippen molar-refractivity contribution in [1.82, 2.24) is 0 Å². The molecule has 5 heteroatoms. The van der Waals surface area contributed by atoms with Crippen LogP contribution in [0.3, 0.4) is 0 Å². The summed E-state index contributed by atoms with van der Waals surface area (Å²) in [6.07, 6.45) is 1.88. The highest BCUT2D eigenvalue weighted by Crippen LogP contribution is 2.47. The van der Waals surface area contributed by atoms with E-state index in [1.807, 2.05) is 38.1 Å². The number of carbonyl (C=O) groups excluding carboxylic acids is 2. The summed E-state index contributed by atoms with van der Waals surface area (Å²) in [7, 11) is 0. The monoisotopic (exact) mass is 347 g/mol. The summed E-state index contributed by atoms with van der Waals surface area (Å²) < 4.78 is 0. The molecule has 0 radical (unpaired) electrons. The third-order valence-electron chi connectivity index (χ3n) is 4.87. The van der Waals surface area contributed by atoms with Gasteiger partial charge in [0.15, 0.2) is 0 Å². The van der Waals surface area contributed by atoms with Crippen molar-refractivity contribution in [3.05, 3.63) is 59.2 Å². The van der Waals surface area contributed by atoms with Crippen molar-refractivity contribution in [1.29, 1.82) is 5.26 Å². The average Bonchev–Trinajstić information content (AvgIpc) is 3.46. The second-order valence-corrected chi connectivity index (χ2v) is 6.64. The molecule has 2 aromatic carbocycles. The molecular formula is C21H21N3O2. The van der Waals surface area contributed by atoms with Gasteiger partial charge in [0.05, 0.1) is 11.6 Å². The van der Waals surface area contributed by atoms with Crippen LogP contribution in [0.4, 0.5) is 11.4 Å². The lowest BCUT2D eigenvalue weighted by molar-refractivity contribution is -0.131. The number of aryl methyl sites for hydroxylation is 2. The number of benzene rings is 2. The third kappa shape index (κ3) is 3.31. The summed E-state index contributed by atoms with van der Waals surface area (Å²) in [4.78, 5) is 25.5. The average molecular weight is 347 g/mol. The smallest absolute Gasteiger partial charge is 0.240 e. The Morgan fingerprint density at radius 1 is 1.08 bits per heavy atom. The molecule has 1 saturated carbocycles.